The molecule has 0 saturated heterocycles. The van der Waals surface area contributed by atoms with Gasteiger partial charge in [0.15, 0.2) is 5.69 Å². The van der Waals surface area contributed by atoms with Crippen LogP contribution in [0.4, 0.5) is 5.69 Å². The van der Waals surface area contributed by atoms with E-state index in [2.05, 4.69) is 20.4 Å². The lowest BCUT2D eigenvalue weighted by atomic mass is 10.0. The molecule has 1 heterocycles. The zero-order chi connectivity index (χ0) is 21.1. The van der Waals surface area contributed by atoms with Gasteiger partial charge in [0.1, 0.15) is 11.8 Å². The molecule has 0 radical (unpaired) electrons. The quantitative estimate of drug-likeness (QED) is 0.439. The average Bonchev–Trinajstić information content (AvgIpc) is 2.65. The number of H-pyrrole nitrogens is 1. The van der Waals surface area contributed by atoms with E-state index in [9.17, 15) is 14.7 Å². The average molecular weight is 414 g/mol. The standard InChI is InChI=1S/C20H20ClN5O3/c1-11(27)22-14-7-4-12(5-8-14)19(28)17(25-26(2)3)18-20(29)24-16-10-13(21)6-9-15(16)23-18/h4-10,19,28H,1-3H3,(H,22,27)(H,24,29). The molecule has 2 aromatic carbocycles. The van der Waals surface area contributed by atoms with E-state index in [1.807, 2.05) is 0 Å². The molecule has 0 fully saturated rings. The van der Waals surface area contributed by atoms with Gasteiger partial charge in [-0.3, -0.25) is 9.59 Å². The molecule has 1 unspecified atom stereocenters. The fourth-order valence-electron chi connectivity index (χ4n) is 2.79. The molecule has 0 spiro atoms. The first-order valence-electron chi connectivity index (χ1n) is 8.76. The molecule has 1 amide bonds. The number of anilines is 1. The van der Waals surface area contributed by atoms with Crippen LogP contribution in [0, 0.1) is 0 Å². The van der Waals surface area contributed by atoms with E-state index in [0.29, 0.717) is 27.3 Å². The third kappa shape index (κ3) is 4.79. The Morgan fingerprint density at radius 2 is 1.93 bits per heavy atom. The molecule has 0 saturated carbocycles. The molecule has 1 atom stereocenters. The Bertz CT molecular complexity index is 1140. The maximum absolute atomic E-state index is 12.7. The summed E-state index contributed by atoms with van der Waals surface area (Å²) in [6, 6.07) is 11.6. The Balaban J connectivity index is 2.06. The summed E-state index contributed by atoms with van der Waals surface area (Å²) in [5, 5.41) is 19.9. The van der Waals surface area contributed by atoms with Gasteiger partial charge in [-0.1, -0.05) is 23.7 Å². The summed E-state index contributed by atoms with van der Waals surface area (Å²) in [6.07, 6.45) is -1.21. The van der Waals surface area contributed by atoms with Crippen molar-refractivity contribution in [2.75, 3.05) is 19.4 Å². The Morgan fingerprint density at radius 3 is 2.55 bits per heavy atom. The van der Waals surface area contributed by atoms with E-state index in [-0.39, 0.29) is 17.3 Å². The smallest absolute Gasteiger partial charge is 0.276 e. The molecular formula is C20H20ClN5O3. The number of aliphatic hydroxyl groups is 1. The number of carbonyl (C=O) groups is 1. The van der Waals surface area contributed by atoms with E-state index in [1.54, 1.807) is 56.6 Å². The van der Waals surface area contributed by atoms with Crippen LogP contribution < -0.4 is 10.9 Å². The Labute approximate surface area is 171 Å². The summed E-state index contributed by atoms with van der Waals surface area (Å²) in [4.78, 5) is 31.0. The van der Waals surface area contributed by atoms with Crippen molar-refractivity contribution in [3.8, 4) is 0 Å². The topological polar surface area (TPSA) is 111 Å². The maximum atomic E-state index is 12.7. The lowest BCUT2D eigenvalue weighted by molar-refractivity contribution is -0.114. The summed E-state index contributed by atoms with van der Waals surface area (Å²) in [6.45, 7) is 1.41. The van der Waals surface area contributed by atoms with E-state index in [0.717, 1.165) is 0 Å². The number of fused-ring (bicyclic) bond motifs is 1. The summed E-state index contributed by atoms with van der Waals surface area (Å²) in [5.41, 5.74) is 1.71. The molecule has 8 nitrogen and oxygen atoms in total. The van der Waals surface area contributed by atoms with E-state index < -0.39 is 11.7 Å². The molecule has 150 valence electrons. The lowest BCUT2D eigenvalue weighted by Crippen LogP contribution is -2.27. The third-order valence-electron chi connectivity index (χ3n) is 4.01. The fourth-order valence-corrected chi connectivity index (χ4v) is 2.96. The monoisotopic (exact) mass is 413 g/mol. The molecule has 3 rings (SSSR count). The number of aromatic amines is 1. The molecule has 3 aromatic rings. The van der Waals surface area contributed by atoms with Crippen LogP contribution >= 0.6 is 11.6 Å². The van der Waals surface area contributed by atoms with Gasteiger partial charge in [0, 0.05) is 31.7 Å². The van der Waals surface area contributed by atoms with Crippen molar-refractivity contribution in [3.05, 3.63) is 69.1 Å². The first-order chi connectivity index (χ1) is 13.7. The number of halogens is 1. The third-order valence-corrected chi connectivity index (χ3v) is 4.25. The predicted molar refractivity (Wildman–Crippen MR) is 113 cm³/mol. The zero-order valence-electron chi connectivity index (χ0n) is 16.1. The minimum atomic E-state index is -1.21. The number of aliphatic hydroxyl groups excluding tert-OH is 1. The number of hydrogen-bond acceptors (Lipinski definition) is 6. The van der Waals surface area contributed by atoms with Crippen molar-refractivity contribution in [1.82, 2.24) is 15.0 Å². The Morgan fingerprint density at radius 1 is 1.24 bits per heavy atom. The Hall–Kier alpha value is -3.23. The molecule has 9 heteroatoms. The number of rotatable bonds is 5. The number of aromatic nitrogens is 2. The summed E-state index contributed by atoms with van der Waals surface area (Å²) in [5.74, 6) is -0.194. The van der Waals surface area contributed by atoms with E-state index in [1.165, 1.54) is 11.9 Å². The van der Waals surface area contributed by atoms with Gasteiger partial charge in [-0.05, 0) is 35.9 Å². The highest BCUT2D eigenvalue weighted by atomic mass is 35.5. The molecular weight excluding hydrogens is 394 g/mol. The van der Waals surface area contributed by atoms with Crippen molar-refractivity contribution < 1.29 is 9.90 Å². The van der Waals surface area contributed by atoms with Crippen LogP contribution in [-0.4, -0.2) is 45.8 Å². The van der Waals surface area contributed by atoms with Crippen molar-refractivity contribution >= 4 is 39.9 Å². The van der Waals surface area contributed by atoms with Gasteiger partial charge >= 0.3 is 0 Å². The van der Waals surface area contributed by atoms with Crippen LogP contribution in [-0.2, 0) is 4.79 Å². The molecule has 0 aliphatic heterocycles. The van der Waals surface area contributed by atoms with Crippen LogP contribution in [0.2, 0.25) is 5.02 Å². The van der Waals surface area contributed by atoms with Crippen molar-refractivity contribution in [2.24, 2.45) is 5.10 Å². The van der Waals surface area contributed by atoms with E-state index >= 15 is 0 Å². The van der Waals surface area contributed by atoms with Gasteiger partial charge in [-0.2, -0.15) is 5.10 Å². The van der Waals surface area contributed by atoms with Crippen molar-refractivity contribution in [3.63, 3.8) is 0 Å². The van der Waals surface area contributed by atoms with Crippen molar-refractivity contribution in [1.29, 1.82) is 0 Å². The number of benzene rings is 2. The minimum Gasteiger partial charge on any atom is -0.382 e. The molecule has 29 heavy (non-hydrogen) atoms. The summed E-state index contributed by atoms with van der Waals surface area (Å²) >= 11 is 5.97. The molecule has 0 aliphatic carbocycles. The second-order valence-corrected chi connectivity index (χ2v) is 7.05. The van der Waals surface area contributed by atoms with Gasteiger partial charge in [0.2, 0.25) is 5.91 Å². The number of amides is 1. The molecule has 0 bridgehead atoms. The highest BCUT2D eigenvalue weighted by Gasteiger charge is 2.23. The summed E-state index contributed by atoms with van der Waals surface area (Å²) < 4.78 is 0. The Kier molecular flexibility index (Phi) is 5.95. The number of nitrogens with zero attached hydrogens (tertiary/aromatic N) is 3. The maximum Gasteiger partial charge on any atom is 0.276 e. The van der Waals surface area contributed by atoms with Crippen LogP contribution in [0.15, 0.2) is 52.4 Å². The number of carbonyl (C=O) groups excluding carboxylic acids is 1. The summed E-state index contributed by atoms with van der Waals surface area (Å²) in [7, 11) is 3.36. The first-order valence-corrected chi connectivity index (χ1v) is 9.14. The van der Waals surface area contributed by atoms with Gasteiger partial charge < -0.3 is 20.4 Å². The highest BCUT2D eigenvalue weighted by Crippen LogP contribution is 2.21. The van der Waals surface area contributed by atoms with Crippen LogP contribution in [0.5, 0.6) is 0 Å². The molecule has 3 N–H and O–H groups in total. The highest BCUT2D eigenvalue weighted by molar-refractivity contribution is 6.31. The first kappa shape index (κ1) is 20.5. The predicted octanol–water partition coefficient (Wildman–Crippen LogP) is 2.53. The van der Waals surface area contributed by atoms with Crippen LogP contribution in [0.1, 0.15) is 24.3 Å². The molecule has 0 aliphatic rings. The second kappa shape index (κ2) is 8.42. The van der Waals surface area contributed by atoms with Crippen LogP contribution in [0.25, 0.3) is 11.0 Å². The van der Waals surface area contributed by atoms with Crippen molar-refractivity contribution in [2.45, 2.75) is 13.0 Å². The SMILES string of the molecule is CC(=O)Nc1ccc(C(O)C(=NN(C)C)c2nc3ccc(Cl)cc3[nH]c2=O)cc1. The molecule has 1 aromatic heterocycles. The zero-order valence-corrected chi connectivity index (χ0v) is 16.9. The number of hydrazone groups is 1. The minimum absolute atomic E-state index is 0.00644. The van der Waals surface area contributed by atoms with Gasteiger partial charge in [-0.15, -0.1) is 0 Å². The second-order valence-electron chi connectivity index (χ2n) is 6.61. The number of nitrogens with one attached hydrogen (secondary N) is 2. The normalized spacial score (nSPS) is 12.7. The largest absolute Gasteiger partial charge is 0.382 e. The van der Waals surface area contributed by atoms with E-state index in [4.69, 9.17) is 11.6 Å². The van der Waals surface area contributed by atoms with Crippen LogP contribution in [0.3, 0.4) is 0 Å². The van der Waals surface area contributed by atoms with Gasteiger partial charge in [0.05, 0.1) is 11.0 Å². The number of hydrogen-bond donors (Lipinski definition) is 3. The van der Waals surface area contributed by atoms with Gasteiger partial charge in [-0.25, -0.2) is 4.98 Å². The van der Waals surface area contributed by atoms with Gasteiger partial charge in [0.25, 0.3) is 5.56 Å². The fraction of sp³-hybridized carbons (Fsp3) is 0.200. The lowest BCUT2D eigenvalue weighted by Gasteiger charge is -2.17.